The van der Waals surface area contributed by atoms with Crippen molar-refractivity contribution < 1.29 is 4.42 Å². The molecule has 2 bridgehead atoms. The Balaban J connectivity index is 1.53. The Morgan fingerprint density at radius 3 is 2.80 bits per heavy atom. The van der Waals surface area contributed by atoms with E-state index in [1.165, 1.54) is 25.7 Å². The lowest BCUT2D eigenvalue weighted by Crippen LogP contribution is -2.28. The van der Waals surface area contributed by atoms with E-state index in [1.54, 1.807) is 0 Å². The number of anilines is 1. The van der Waals surface area contributed by atoms with Crippen molar-refractivity contribution in [1.29, 1.82) is 0 Å². The molecule has 0 aromatic carbocycles. The van der Waals surface area contributed by atoms with Crippen molar-refractivity contribution in [3.63, 3.8) is 0 Å². The molecule has 112 valence electrons. The van der Waals surface area contributed by atoms with Crippen LogP contribution in [0.1, 0.15) is 45.4 Å². The second-order valence-electron chi connectivity index (χ2n) is 6.83. The van der Waals surface area contributed by atoms with Crippen LogP contribution in [0.4, 0.5) is 6.01 Å². The molecule has 5 nitrogen and oxygen atoms in total. The maximum Gasteiger partial charge on any atom is 0.317 e. The number of hydrogen-bond donors (Lipinski definition) is 1. The molecular weight excluding hydrogens is 252 g/mol. The molecule has 0 spiro atoms. The molecule has 0 radical (unpaired) electrons. The fourth-order valence-corrected chi connectivity index (χ4v) is 3.79. The van der Waals surface area contributed by atoms with Crippen LogP contribution in [0.15, 0.2) is 4.42 Å². The molecule has 1 heterocycles. The quantitative estimate of drug-likeness (QED) is 0.866. The van der Waals surface area contributed by atoms with Gasteiger partial charge in [0.15, 0.2) is 0 Å². The van der Waals surface area contributed by atoms with Crippen molar-refractivity contribution in [3.05, 3.63) is 5.89 Å². The minimum absolute atomic E-state index is 0.428. The molecule has 3 rings (SSSR count). The van der Waals surface area contributed by atoms with Gasteiger partial charge in [-0.2, -0.15) is 0 Å². The van der Waals surface area contributed by atoms with Crippen molar-refractivity contribution in [2.75, 3.05) is 18.5 Å². The predicted molar refractivity (Wildman–Crippen MR) is 78.5 cm³/mol. The summed E-state index contributed by atoms with van der Waals surface area (Å²) in [6, 6.07) is 1.09. The van der Waals surface area contributed by atoms with Gasteiger partial charge >= 0.3 is 6.01 Å². The summed E-state index contributed by atoms with van der Waals surface area (Å²) in [4.78, 5) is 2.14. The minimum Gasteiger partial charge on any atom is -0.407 e. The third-order valence-electron chi connectivity index (χ3n) is 4.84. The van der Waals surface area contributed by atoms with Crippen LogP contribution in [0.25, 0.3) is 0 Å². The Morgan fingerprint density at radius 2 is 2.15 bits per heavy atom. The summed E-state index contributed by atoms with van der Waals surface area (Å²) in [7, 11) is 2.07. The van der Waals surface area contributed by atoms with E-state index in [2.05, 4.69) is 41.3 Å². The zero-order chi connectivity index (χ0) is 14.1. The predicted octanol–water partition coefficient (Wildman–Crippen LogP) is 2.44. The van der Waals surface area contributed by atoms with Gasteiger partial charge in [0.25, 0.3) is 0 Å². The van der Waals surface area contributed by atoms with E-state index in [-0.39, 0.29) is 0 Å². The minimum atomic E-state index is 0.428. The summed E-state index contributed by atoms with van der Waals surface area (Å²) in [5.74, 6) is 3.43. The number of fused-ring (bicyclic) bond motifs is 2. The van der Waals surface area contributed by atoms with Crippen LogP contribution in [0.5, 0.6) is 0 Å². The summed E-state index contributed by atoms with van der Waals surface area (Å²) in [6.07, 6.45) is 5.73. The molecule has 5 heteroatoms. The van der Waals surface area contributed by atoms with Crippen molar-refractivity contribution in [2.45, 2.75) is 52.1 Å². The van der Waals surface area contributed by atoms with Crippen LogP contribution in [0.2, 0.25) is 0 Å². The van der Waals surface area contributed by atoms with E-state index >= 15 is 0 Å². The van der Waals surface area contributed by atoms with Gasteiger partial charge < -0.3 is 14.6 Å². The van der Waals surface area contributed by atoms with Crippen LogP contribution in [0, 0.1) is 17.8 Å². The van der Waals surface area contributed by atoms with Crippen molar-refractivity contribution >= 4 is 6.01 Å². The van der Waals surface area contributed by atoms with E-state index in [0.29, 0.717) is 24.5 Å². The Hall–Kier alpha value is -1.10. The Bertz CT molecular complexity index is 445. The van der Waals surface area contributed by atoms with Gasteiger partial charge in [-0.1, -0.05) is 25.4 Å². The molecule has 2 fully saturated rings. The molecule has 1 aromatic heterocycles. The van der Waals surface area contributed by atoms with Gasteiger partial charge in [-0.15, -0.1) is 5.10 Å². The van der Waals surface area contributed by atoms with Crippen molar-refractivity contribution in [1.82, 2.24) is 15.5 Å². The Labute approximate surface area is 121 Å². The number of nitrogens with zero attached hydrogens (tertiary/aromatic N) is 3. The highest BCUT2D eigenvalue weighted by atomic mass is 16.4. The summed E-state index contributed by atoms with van der Waals surface area (Å²) in [6.45, 7) is 5.92. The summed E-state index contributed by atoms with van der Waals surface area (Å²) < 4.78 is 5.73. The smallest absolute Gasteiger partial charge is 0.317 e. The zero-order valence-electron chi connectivity index (χ0n) is 12.8. The lowest BCUT2D eigenvalue weighted by atomic mass is 9.88. The topological polar surface area (TPSA) is 54.2 Å². The summed E-state index contributed by atoms with van der Waals surface area (Å²) in [5, 5.41) is 11.6. The highest BCUT2D eigenvalue weighted by molar-refractivity contribution is 5.22. The van der Waals surface area contributed by atoms with Crippen LogP contribution >= 0.6 is 0 Å². The Morgan fingerprint density at radius 1 is 1.30 bits per heavy atom. The molecule has 3 atom stereocenters. The van der Waals surface area contributed by atoms with E-state index in [9.17, 15) is 0 Å². The largest absolute Gasteiger partial charge is 0.407 e. The lowest BCUT2D eigenvalue weighted by molar-refractivity contribution is 0.331. The number of hydrogen-bond acceptors (Lipinski definition) is 5. The molecule has 2 aliphatic carbocycles. The molecule has 0 saturated heterocycles. The summed E-state index contributed by atoms with van der Waals surface area (Å²) >= 11 is 0. The second kappa shape index (κ2) is 5.72. The second-order valence-corrected chi connectivity index (χ2v) is 6.83. The van der Waals surface area contributed by atoms with Crippen LogP contribution in [-0.4, -0.2) is 29.8 Å². The SMILES string of the molecule is CC(C)NCc1nnc(N(C)CC2CC3CCC2C3)o1. The first-order valence-electron chi connectivity index (χ1n) is 7.88. The van der Waals surface area contributed by atoms with Gasteiger partial charge in [0.2, 0.25) is 5.89 Å². The van der Waals surface area contributed by atoms with Crippen LogP contribution in [0.3, 0.4) is 0 Å². The van der Waals surface area contributed by atoms with Gasteiger partial charge in [-0.25, -0.2) is 0 Å². The maximum atomic E-state index is 5.73. The first-order chi connectivity index (χ1) is 9.61. The third-order valence-corrected chi connectivity index (χ3v) is 4.84. The third kappa shape index (κ3) is 2.97. The molecule has 2 aliphatic rings. The van der Waals surface area contributed by atoms with Gasteiger partial charge in [-0.3, -0.25) is 0 Å². The zero-order valence-corrected chi connectivity index (χ0v) is 12.8. The molecule has 1 aromatic rings. The van der Waals surface area contributed by atoms with Gasteiger partial charge in [0.05, 0.1) is 6.54 Å². The molecule has 0 amide bonds. The molecule has 0 aliphatic heterocycles. The Kier molecular flexibility index (Phi) is 3.96. The normalized spacial score (nSPS) is 28.5. The average molecular weight is 278 g/mol. The fourth-order valence-electron chi connectivity index (χ4n) is 3.79. The first-order valence-corrected chi connectivity index (χ1v) is 7.88. The van der Waals surface area contributed by atoms with E-state index in [4.69, 9.17) is 4.42 Å². The van der Waals surface area contributed by atoms with Crippen molar-refractivity contribution in [2.24, 2.45) is 17.8 Å². The monoisotopic (exact) mass is 278 g/mol. The molecule has 2 saturated carbocycles. The first kappa shape index (κ1) is 13.9. The van der Waals surface area contributed by atoms with E-state index in [0.717, 1.165) is 24.3 Å². The molecular formula is C15H26N4O. The van der Waals surface area contributed by atoms with Gasteiger partial charge in [0, 0.05) is 19.6 Å². The lowest BCUT2D eigenvalue weighted by Gasteiger charge is -2.25. The maximum absolute atomic E-state index is 5.73. The van der Waals surface area contributed by atoms with E-state index in [1.807, 2.05) is 0 Å². The van der Waals surface area contributed by atoms with E-state index < -0.39 is 0 Å². The van der Waals surface area contributed by atoms with Crippen LogP contribution < -0.4 is 10.2 Å². The highest BCUT2D eigenvalue weighted by Gasteiger charge is 2.40. The molecule has 20 heavy (non-hydrogen) atoms. The number of aromatic nitrogens is 2. The summed E-state index contributed by atoms with van der Waals surface area (Å²) in [5.41, 5.74) is 0. The fraction of sp³-hybridized carbons (Fsp3) is 0.867. The average Bonchev–Trinajstić information content (AvgIpc) is 3.12. The van der Waals surface area contributed by atoms with Crippen molar-refractivity contribution in [3.8, 4) is 0 Å². The number of nitrogens with one attached hydrogen (secondary N) is 1. The molecule has 1 N–H and O–H groups in total. The number of rotatable bonds is 6. The van der Waals surface area contributed by atoms with Gasteiger partial charge in [-0.05, 0) is 37.0 Å². The van der Waals surface area contributed by atoms with Crippen LogP contribution in [-0.2, 0) is 6.54 Å². The standard InChI is InChI=1S/C15H26N4O/c1-10(2)16-8-14-17-18-15(20-14)19(3)9-13-7-11-4-5-12(13)6-11/h10-13,16H,4-9H2,1-3H3. The van der Waals surface area contributed by atoms with Gasteiger partial charge in [0.1, 0.15) is 0 Å². The molecule has 3 unspecified atom stereocenters. The highest BCUT2D eigenvalue weighted by Crippen LogP contribution is 2.48.